The van der Waals surface area contributed by atoms with Gasteiger partial charge in [0.05, 0.1) is 22.3 Å². The van der Waals surface area contributed by atoms with Gasteiger partial charge in [0.25, 0.3) is 15.9 Å². The van der Waals surface area contributed by atoms with Crippen molar-refractivity contribution in [2.45, 2.75) is 37.8 Å². The van der Waals surface area contributed by atoms with Crippen molar-refractivity contribution in [3.05, 3.63) is 53.6 Å². The van der Waals surface area contributed by atoms with Gasteiger partial charge in [-0.25, -0.2) is 8.42 Å². The molecule has 1 aliphatic heterocycles. The molecule has 0 fully saturated rings. The molecule has 0 radical (unpaired) electrons. The summed E-state index contributed by atoms with van der Waals surface area (Å²) in [6, 6.07) is 11.6. The molecule has 3 rings (SSSR count). The molecule has 1 amide bonds. The lowest BCUT2D eigenvalue weighted by molar-refractivity contribution is 0.0150. The quantitative estimate of drug-likeness (QED) is 0.710. The summed E-state index contributed by atoms with van der Waals surface area (Å²) in [7, 11) is 1.64. The molecule has 1 N–H and O–H groups in total. The number of ether oxygens (including phenoxy) is 2. The summed E-state index contributed by atoms with van der Waals surface area (Å²) in [4.78, 5) is 17.3. The van der Waals surface area contributed by atoms with Crippen molar-refractivity contribution in [3.63, 3.8) is 0 Å². The first kappa shape index (κ1) is 26.0. The van der Waals surface area contributed by atoms with E-state index in [9.17, 15) is 13.2 Å². The number of anilines is 1. The van der Waals surface area contributed by atoms with Crippen LogP contribution in [0.3, 0.4) is 0 Å². The number of aryl methyl sites for hydroxylation is 1. The third kappa shape index (κ3) is 5.89. The second kappa shape index (κ2) is 10.8. The number of nitrogens with one attached hydrogen (secondary N) is 1. The van der Waals surface area contributed by atoms with Gasteiger partial charge >= 0.3 is 0 Å². The molecule has 1 heterocycles. The van der Waals surface area contributed by atoms with Gasteiger partial charge in [-0.15, -0.1) is 0 Å². The Morgan fingerprint density at radius 3 is 2.47 bits per heavy atom. The Bertz CT molecular complexity index is 1120. The third-order valence-corrected chi connectivity index (χ3v) is 7.94. The minimum atomic E-state index is -3.80. The predicted octanol–water partition coefficient (Wildman–Crippen LogP) is 3.23. The highest BCUT2D eigenvalue weighted by atomic mass is 32.2. The Labute approximate surface area is 202 Å². The Morgan fingerprint density at radius 1 is 1.09 bits per heavy atom. The number of methoxy groups -OCH3 is 1. The molecule has 186 valence electrons. The summed E-state index contributed by atoms with van der Waals surface area (Å²) in [5, 5.41) is 0. The molecular formula is C25H35N3O5S. The van der Waals surface area contributed by atoms with Crippen LogP contribution in [0, 0.1) is 12.8 Å². The van der Waals surface area contributed by atoms with E-state index in [1.807, 2.05) is 7.05 Å². The van der Waals surface area contributed by atoms with Crippen molar-refractivity contribution in [1.29, 1.82) is 0 Å². The van der Waals surface area contributed by atoms with Gasteiger partial charge in [-0.05, 0) is 50.6 Å². The van der Waals surface area contributed by atoms with Gasteiger partial charge in [0.2, 0.25) is 0 Å². The van der Waals surface area contributed by atoms with Crippen molar-refractivity contribution < 1.29 is 22.7 Å². The van der Waals surface area contributed by atoms with Crippen LogP contribution in [0.5, 0.6) is 5.75 Å². The number of likely N-dealkylation sites (N-methyl/N-ethyl adjacent to an activating group) is 2. The zero-order chi connectivity index (χ0) is 25.0. The molecule has 0 saturated carbocycles. The number of carbonyl (C=O) groups is 1. The van der Waals surface area contributed by atoms with Gasteiger partial charge in [0, 0.05) is 39.4 Å². The summed E-state index contributed by atoms with van der Waals surface area (Å²) >= 11 is 0. The van der Waals surface area contributed by atoms with Crippen molar-refractivity contribution in [2.24, 2.45) is 5.92 Å². The highest BCUT2D eigenvalue weighted by Crippen LogP contribution is 2.28. The van der Waals surface area contributed by atoms with Crippen LogP contribution < -0.4 is 9.46 Å². The Hall–Kier alpha value is -2.62. The van der Waals surface area contributed by atoms with E-state index in [1.54, 1.807) is 68.4 Å². The Kier molecular flexibility index (Phi) is 8.22. The number of rotatable bonds is 4. The maximum atomic E-state index is 13.3. The standard InChI is InChI=1S/C25H35N3O5S/c1-17-9-7-8-10-24(17)34(30,31)26-20-11-12-21-22(13-20)33-16-19(3)27(4)14-18(2)23(32-6)15-28(5)25(21)29/h7-13,18-19,23,26H,14-16H2,1-6H3/t18-,19+,23+/m0/s1. The van der Waals surface area contributed by atoms with Crippen molar-refractivity contribution >= 4 is 21.6 Å². The summed E-state index contributed by atoms with van der Waals surface area (Å²) in [6.07, 6.45) is -0.118. The second-order valence-corrected chi connectivity index (χ2v) is 10.8. The minimum absolute atomic E-state index is 0.0763. The lowest BCUT2D eigenvalue weighted by Gasteiger charge is -2.34. The van der Waals surface area contributed by atoms with Crippen molar-refractivity contribution in [1.82, 2.24) is 9.80 Å². The van der Waals surface area contributed by atoms with Gasteiger partial charge in [0.1, 0.15) is 12.4 Å². The zero-order valence-corrected chi connectivity index (χ0v) is 21.6. The van der Waals surface area contributed by atoms with E-state index >= 15 is 0 Å². The Balaban J connectivity index is 1.96. The third-order valence-electron chi connectivity index (χ3n) is 6.39. The molecule has 1 aliphatic rings. The second-order valence-electron chi connectivity index (χ2n) is 9.12. The average Bonchev–Trinajstić information content (AvgIpc) is 2.79. The van der Waals surface area contributed by atoms with Gasteiger partial charge < -0.3 is 14.4 Å². The molecule has 2 aromatic carbocycles. The molecule has 0 aromatic heterocycles. The normalized spacial score (nSPS) is 22.8. The van der Waals surface area contributed by atoms with Crippen LogP contribution in [-0.4, -0.2) is 77.2 Å². The number of amides is 1. The van der Waals surface area contributed by atoms with E-state index in [2.05, 4.69) is 23.5 Å². The molecule has 0 aliphatic carbocycles. The molecule has 2 aromatic rings. The highest BCUT2D eigenvalue weighted by molar-refractivity contribution is 7.92. The zero-order valence-electron chi connectivity index (χ0n) is 20.7. The molecule has 0 saturated heterocycles. The fraction of sp³-hybridized carbons (Fsp3) is 0.480. The SMILES string of the molecule is CO[C@@H]1CN(C)C(=O)c2ccc(NS(=O)(=O)c3ccccc3C)cc2OC[C@@H](C)N(C)C[C@@H]1C. The fourth-order valence-electron chi connectivity index (χ4n) is 4.08. The van der Waals surface area contributed by atoms with Gasteiger partial charge in [-0.3, -0.25) is 14.4 Å². The molecule has 0 spiro atoms. The monoisotopic (exact) mass is 489 g/mol. The van der Waals surface area contributed by atoms with Crippen LogP contribution in [0.2, 0.25) is 0 Å². The average molecular weight is 490 g/mol. The first-order chi connectivity index (χ1) is 16.0. The fourth-order valence-corrected chi connectivity index (χ4v) is 5.38. The summed E-state index contributed by atoms with van der Waals surface area (Å²) < 4.78 is 40.3. The van der Waals surface area contributed by atoms with Gasteiger partial charge in [-0.2, -0.15) is 0 Å². The van der Waals surface area contributed by atoms with E-state index in [0.717, 1.165) is 6.54 Å². The van der Waals surface area contributed by atoms with E-state index in [1.165, 1.54) is 0 Å². The number of hydrogen-bond donors (Lipinski definition) is 1. The topological polar surface area (TPSA) is 88.2 Å². The number of hydrogen-bond acceptors (Lipinski definition) is 6. The van der Waals surface area contributed by atoms with E-state index in [0.29, 0.717) is 35.7 Å². The number of sulfonamides is 1. The van der Waals surface area contributed by atoms with Crippen LogP contribution in [-0.2, 0) is 14.8 Å². The Morgan fingerprint density at radius 2 is 1.79 bits per heavy atom. The highest BCUT2D eigenvalue weighted by Gasteiger charge is 2.27. The maximum Gasteiger partial charge on any atom is 0.262 e. The number of nitrogens with zero attached hydrogens (tertiary/aromatic N) is 2. The number of fused-ring (bicyclic) bond motifs is 1. The van der Waals surface area contributed by atoms with Crippen LogP contribution in [0.4, 0.5) is 5.69 Å². The van der Waals surface area contributed by atoms with Crippen molar-refractivity contribution in [2.75, 3.05) is 45.6 Å². The largest absolute Gasteiger partial charge is 0.491 e. The summed E-state index contributed by atoms with van der Waals surface area (Å²) in [6.45, 7) is 7.48. The lowest BCUT2D eigenvalue weighted by Crippen LogP contribution is -2.45. The molecule has 3 atom stereocenters. The summed E-state index contributed by atoms with van der Waals surface area (Å²) in [5.41, 5.74) is 1.35. The van der Waals surface area contributed by atoms with Crippen LogP contribution in [0.25, 0.3) is 0 Å². The van der Waals surface area contributed by atoms with E-state index < -0.39 is 10.0 Å². The van der Waals surface area contributed by atoms with E-state index in [4.69, 9.17) is 9.47 Å². The number of carbonyl (C=O) groups excluding carboxylic acids is 1. The molecule has 9 heteroatoms. The lowest BCUT2D eigenvalue weighted by atomic mass is 10.0. The van der Waals surface area contributed by atoms with E-state index in [-0.39, 0.29) is 28.9 Å². The first-order valence-corrected chi connectivity index (χ1v) is 12.9. The molecule has 34 heavy (non-hydrogen) atoms. The van der Waals surface area contributed by atoms with Gasteiger partial charge in [0.15, 0.2) is 0 Å². The van der Waals surface area contributed by atoms with Gasteiger partial charge in [-0.1, -0.05) is 25.1 Å². The van der Waals surface area contributed by atoms with Crippen LogP contribution in [0.15, 0.2) is 47.4 Å². The molecule has 0 bridgehead atoms. The smallest absolute Gasteiger partial charge is 0.262 e. The number of benzene rings is 2. The predicted molar refractivity (Wildman–Crippen MR) is 133 cm³/mol. The molecule has 0 unspecified atom stereocenters. The maximum absolute atomic E-state index is 13.3. The first-order valence-electron chi connectivity index (χ1n) is 11.4. The minimum Gasteiger partial charge on any atom is -0.491 e. The molecular weight excluding hydrogens is 454 g/mol. The summed E-state index contributed by atoms with van der Waals surface area (Å²) in [5.74, 6) is 0.341. The van der Waals surface area contributed by atoms with Crippen LogP contribution >= 0.6 is 0 Å². The van der Waals surface area contributed by atoms with Crippen molar-refractivity contribution in [3.8, 4) is 5.75 Å². The van der Waals surface area contributed by atoms with Crippen LogP contribution in [0.1, 0.15) is 29.8 Å². The molecule has 8 nitrogen and oxygen atoms in total.